The number of nitrogens with one attached hydrogen (secondary N) is 1. The highest BCUT2D eigenvalue weighted by molar-refractivity contribution is 7.86. The van der Waals surface area contributed by atoms with Crippen LogP contribution in [0.2, 0.25) is 10.0 Å². The molecule has 1 amide bonds. The van der Waals surface area contributed by atoms with Gasteiger partial charge in [0, 0.05) is 50.9 Å². The number of piperidine rings is 1. The molecule has 1 N–H and O–H groups in total. The monoisotopic (exact) mass is 618 g/mol. The number of aromatic nitrogens is 2. The SMILES string of the molecule is COc1ccc(C=C2CN(S(=O)(=O)N(C)C)Cc3c(C(=O)NN4CCCCC4)nn(-c4ccc(Cl)cc4Cl)c32)cc1. The summed E-state index contributed by atoms with van der Waals surface area (Å²) in [6, 6.07) is 12.5. The summed E-state index contributed by atoms with van der Waals surface area (Å²) in [5, 5.41) is 7.44. The second-order valence-electron chi connectivity index (χ2n) is 10.2. The molecule has 0 bridgehead atoms. The van der Waals surface area contributed by atoms with E-state index < -0.39 is 16.1 Å². The molecule has 5 rings (SSSR count). The van der Waals surface area contributed by atoms with E-state index in [-0.39, 0.29) is 18.8 Å². The molecule has 2 aromatic carbocycles. The van der Waals surface area contributed by atoms with E-state index in [2.05, 4.69) is 5.43 Å². The molecule has 0 saturated carbocycles. The van der Waals surface area contributed by atoms with E-state index in [1.54, 1.807) is 30.0 Å². The molecule has 41 heavy (non-hydrogen) atoms. The maximum atomic E-state index is 13.7. The number of amides is 1. The predicted molar refractivity (Wildman–Crippen MR) is 160 cm³/mol. The molecule has 10 nitrogen and oxygen atoms in total. The molecule has 218 valence electrons. The van der Waals surface area contributed by atoms with Gasteiger partial charge in [-0.2, -0.15) is 22.1 Å². The standard InChI is InChI=1S/C28H32Cl2N6O4S/c1-33(2)41(38,39)35-17-20(15-19-7-10-22(40-3)11-8-19)27-23(18-35)26(28(37)32-34-13-5-4-6-14-34)31-36(27)25-12-9-21(29)16-24(25)30/h7-12,15-16H,4-6,13-14,17-18H2,1-3H3,(H,32,37). The molecule has 0 spiro atoms. The Kier molecular flexibility index (Phi) is 8.74. The van der Waals surface area contributed by atoms with Gasteiger partial charge in [0.25, 0.3) is 16.1 Å². The Balaban J connectivity index is 1.70. The molecule has 3 aromatic rings. The van der Waals surface area contributed by atoms with E-state index in [9.17, 15) is 13.2 Å². The van der Waals surface area contributed by atoms with Gasteiger partial charge in [-0.15, -0.1) is 0 Å². The third-order valence-corrected chi connectivity index (χ3v) is 9.55. The average Bonchev–Trinajstić information content (AvgIpc) is 3.34. The summed E-state index contributed by atoms with van der Waals surface area (Å²) in [6.45, 7) is 1.50. The zero-order chi connectivity index (χ0) is 29.3. The van der Waals surface area contributed by atoms with Gasteiger partial charge in [-0.3, -0.25) is 10.2 Å². The van der Waals surface area contributed by atoms with Crippen LogP contribution in [0.25, 0.3) is 17.3 Å². The number of halogens is 2. The summed E-state index contributed by atoms with van der Waals surface area (Å²) < 4.78 is 36.2. The molecule has 1 aromatic heterocycles. The van der Waals surface area contributed by atoms with Gasteiger partial charge in [-0.1, -0.05) is 41.8 Å². The fourth-order valence-electron chi connectivity index (χ4n) is 5.05. The van der Waals surface area contributed by atoms with E-state index in [1.165, 1.54) is 18.4 Å². The van der Waals surface area contributed by atoms with Crippen LogP contribution >= 0.6 is 23.2 Å². The first kappa shape index (κ1) is 29.6. The first-order valence-electron chi connectivity index (χ1n) is 13.2. The number of methoxy groups -OCH3 is 1. The van der Waals surface area contributed by atoms with Crippen molar-refractivity contribution in [1.82, 2.24) is 28.8 Å². The molecule has 0 atom stereocenters. The van der Waals surface area contributed by atoms with Crippen LogP contribution in [0.4, 0.5) is 0 Å². The van der Waals surface area contributed by atoms with Crippen LogP contribution < -0.4 is 10.2 Å². The highest BCUT2D eigenvalue weighted by Crippen LogP contribution is 2.37. The minimum atomic E-state index is -3.83. The van der Waals surface area contributed by atoms with E-state index in [0.717, 1.165) is 42.2 Å². The molecule has 1 saturated heterocycles. The van der Waals surface area contributed by atoms with Crippen molar-refractivity contribution in [2.45, 2.75) is 25.8 Å². The molecule has 0 radical (unpaired) electrons. The number of carbonyl (C=O) groups is 1. The van der Waals surface area contributed by atoms with Crippen molar-refractivity contribution in [3.63, 3.8) is 0 Å². The Hall–Kier alpha value is -2.93. The molecule has 13 heteroatoms. The van der Waals surface area contributed by atoms with E-state index >= 15 is 0 Å². The topological polar surface area (TPSA) is 100 Å². The van der Waals surface area contributed by atoms with Gasteiger partial charge in [0.2, 0.25) is 0 Å². The molecule has 2 aliphatic heterocycles. The zero-order valence-corrected chi connectivity index (χ0v) is 25.4. The Bertz CT molecular complexity index is 1580. The lowest BCUT2D eigenvalue weighted by molar-refractivity contribution is 0.0742. The van der Waals surface area contributed by atoms with Crippen LogP contribution in [0.5, 0.6) is 5.75 Å². The summed E-state index contributed by atoms with van der Waals surface area (Å²) in [6.07, 6.45) is 4.97. The molecule has 0 aliphatic carbocycles. The number of nitrogens with zero attached hydrogens (tertiary/aromatic N) is 5. The molecule has 0 unspecified atom stereocenters. The van der Waals surface area contributed by atoms with Crippen LogP contribution in [0.1, 0.15) is 46.6 Å². The fraction of sp³-hybridized carbons (Fsp3) is 0.357. The van der Waals surface area contributed by atoms with Gasteiger partial charge in [0.1, 0.15) is 5.75 Å². The number of benzene rings is 2. The van der Waals surface area contributed by atoms with Gasteiger partial charge in [0.05, 0.1) is 23.5 Å². The van der Waals surface area contributed by atoms with E-state index in [4.69, 9.17) is 33.0 Å². The third-order valence-electron chi connectivity index (χ3n) is 7.18. The molecule has 3 heterocycles. The highest BCUT2D eigenvalue weighted by atomic mass is 35.5. The normalized spacial score (nSPS) is 17.6. The van der Waals surface area contributed by atoms with Gasteiger partial charge in [-0.25, -0.2) is 9.69 Å². The van der Waals surface area contributed by atoms with Crippen LogP contribution in [-0.2, 0) is 16.8 Å². The number of fused-ring (bicyclic) bond motifs is 1. The van der Waals surface area contributed by atoms with Crippen LogP contribution in [0, 0.1) is 0 Å². The van der Waals surface area contributed by atoms with E-state index in [0.29, 0.717) is 38.3 Å². The molecular formula is C28H32Cl2N6O4S. The van der Waals surface area contributed by atoms with Crippen molar-refractivity contribution in [2.75, 3.05) is 40.8 Å². The lowest BCUT2D eigenvalue weighted by atomic mass is 9.99. The second kappa shape index (κ2) is 12.1. The van der Waals surface area contributed by atoms with Crippen molar-refractivity contribution in [3.8, 4) is 11.4 Å². The van der Waals surface area contributed by atoms with E-state index in [1.807, 2.05) is 35.4 Å². The van der Waals surface area contributed by atoms with Crippen molar-refractivity contribution in [1.29, 1.82) is 0 Å². The van der Waals surface area contributed by atoms with Crippen molar-refractivity contribution in [2.24, 2.45) is 0 Å². The number of hydrogen-bond acceptors (Lipinski definition) is 6. The first-order valence-corrected chi connectivity index (χ1v) is 15.4. The van der Waals surface area contributed by atoms with Crippen LogP contribution in [0.3, 0.4) is 0 Å². The number of hydrazine groups is 1. The molecular weight excluding hydrogens is 587 g/mol. The van der Waals surface area contributed by atoms with Crippen molar-refractivity contribution < 1.29 is 17.9 Å². The highest BCUT2D eigenvalue weighted by Gasteiger charge is 2.37. The largest absolute Gasteiger partial charge is 0.497 e. The minimum absolute atomic E-state index is 0.0379. The molecule has 1 fully saturated rings. The summed E-state index contributed by atoms with van der Waals surface area (Å²) in [7, 11) is 0.728. The van der Waals surface area contributed by atoms with Gasteiger partial charge in [-0.05, 0) is 60.4 Å². The number of hydrogen-bond donors (Lipinski definition) is 1. The van der Waals surface area contributed by atoms with Gasteiger partial charge in [0.15, 0.2) is 5.69 Å². The summed E-state index contributed by atoms with van der Waals surface area (Å²) in [4.78, 5) is 13.7. The lowest BCUT2D eigenvalue weighted by Crippen LogP contribution is -2.46. The maximum Gasteiger partial charge on any atom is 0.286 e. The summed E-state index contributed by atoms with van der Waals surface area (Å²) in [5.41, 5.74) is 6.21. The smallest absolute Gasteiger partial charge is 0.286 e. The quantitative estimate of drug-likeness (QED) is 0.419. The Morgan fingerprint density at radius 3 is 2.39 bits per heavy atom. The summed E-state index contributed by atoms with van der Waals surface area (Å²) >= 11 is 12.8. The fourth-order valence-corrected chi connectivity index (χ4v) is 6.59. The average molecular weight is 620 g/mol. The second-order valence-corrected chi connectivity index (χ2v) is 13.2. The minimum Gasteiger partial charge on any atom is -0.497 e. The zero-order valence-electron chi connectivity index (χ0n) is 23.1. The third kappa shape index (κ3) is 6.15. The van der Waals surface area contributed by atoms with Crippen molar-refractivity contribution in [3.05, 3.63) is 75.0 Å². The molecule has 2 aliphatic rings. The Morgan fingerprint density at radius 2 is 1.76 bits per heavy atom. The van der Waals surface area contributed by atoms with Gasteiger partial charge >= 0.3 is 0 Å². The number of rotatable bonds is 7. The maximum absolute atomic E-state index is 13.7. The number of carbonyl (C=O) groups excluding carboxylic acids is 1. The number of ether oxygens (including phenoxy) is 1. The summed E-state index contributed by atoms with van der Waals surface area (Å²) in [5.74, 6) is 0.294. The van der Waals surface area contributed by atoms with Crippen molar-refractivity contribution >= 4 is 51.0 Å². The van der Waals surface area contributed by atoms with Gasteiger partial charge < -0.3 is 4.74 Å². The predicted octanol–water partition coefficient (Wildman–Crippen LogP) is 4.48. The lowest BCUT2D eigenvalue weighted by Gasteiger charge is -2.31. The van der Waals surface area contributed by atoms with Crippen LogP contribution in [-0.4, -0.2) is 78.6 Å². The Labute approximate surface area is 250 Å². The van der Waals surface area contributed by atoms with Crippen LogP contribution in [0.15, 0.2) is 42.5 Å². The Morgan fingerprint density at radius 1 is 1.05 bits per heavy atom. The first-order chi connectivity index (χ1) is 19.6.